The van der Waals surface area contributed by atoms with Gasteiger partial charge in [-0.2, -0.15) is 5.10 Å². The van der Waals surface area contributed by atoms with Crippen molar-refractivity contribution in [2.75, 3.05) is 12.4 Å². The highest BCUT2D eigenvalue weighted by Crippen LogP contribution is 2.32. The molecule has 5 rings (SSSR count). The highest BCUT2D eigenvalue weighted by atomic mass is 35.5. The fourth-order valence-electron chi connectivity index (χ4n) is 3.75. The Kier molecular flexibility index (Phi) is 7.53. The van der Waals surface area contributed by atoms with Crippen LogP contribution in [0.4, 0.5) is 5.82 Å². The molecule has 0 amide bonds. The largest absolute Gasteiger partial charge is 0.495 e. The van der Waals surface area contributed by atoms with Gasteiger partial charge in [0, 0.05) is 36.3 Å². The number of ether oxygens (including phenoxy) is 1. The number of anilines is 1. The monoisotopic (exact) mass is 537 g/mol. The number of rotatable bonds is 7. The smallest absolute Gasteiger partial charge is 0.356 e. The van der Waals surface area contributed by atoms with Crippen LogP contribution in [0.1, 0.15) is 23.0 Å². The number of guanidine groups is 1. The van der Waals surface area contributed by atoms with Crippen molar-refractivity contribution in [2.45, 2.75) is 20.0 Å². The number of hydrogen-bond acceptors (Lipinski definition) is 9. The Morgan fingerprint density at radius 3 is 2.61 bits per heavy atom. The molecule has 0 radical (unpaired) electrons. The maximum absolute atomic E-state index is 11.3. The van der Waals surface area contributed by atoms with Crippen LogP contribution >= 0.6 is 11.6 Å². The zero-order valence-corrected chi connectivity index (χ0v) is 21.1. The lowest BCUT2D eigenvalue weighted by atomic mass is 10.1. The Morgan fingerprint density at radius 2 is 1.97 bits per heavy atom. The van der Waals surface area contributed by atoms with Crippen LogP contribution in [-0.2, 0) is 13.1 Å². The van der Waals surface area contributed by atoms with Gasteiger partial charge in [-0.15, -0.1) is 10.2 Å². The van der Waals surface area contributed by atoms with Crippen LogP contribution in [0.25, 0.3) is 27.6 Å². The first-order chi connectivity index (χ1) is 18.2. The van der Waals surface area contributed by atoms with Crippen molar-refractivity contribution < 1.29 is 14.6 Å². The van der Waals surface area contributed by atoms with Crippen molar-refractivity contribution in [3.05, 3.63) is 59.4 Å². The molecule has 5 aromatic rings. The normalized spacial score (nSPS) is 10.7. The second-order valence-corrected chi connectivity index (χ2v) is 8.27. The summed E-state index contributed by atoms with van der Waals surface area (Å²) >= 11 is 6.27. The SMILES string of the molecule is CCn1ncc2c3c(NCc4ccc(OC)c(Cl)c4)nnc(-n4cnc(C(=O)O)c4)c3cnc21.N=C(N)N. The van der Waals surface area contributed by atoms with Crippen molar-refractivity contribution >= 4 is 51.2 Å². The van der Waals surface area contributed by atoms with Crippen LogP contribution in [0, 0.1) is 5.41 Å². The summed E-state index contributed by atoms with van der Waals surface area (Å²) in [6.45, 7) is 3.08. The minimum absolute atomic E-state index is 0.0959. The second-order valence-electron chi connectivity index (χ2n) is 7.87. The van der Waals surface area contributed by atoms with E-state index in [2.05, 4.69) is 42.0 Å². The Bertz CT molecular complexity index is 1640. The van der Waals surface area contributed by atoms with Crippen molar-refractivity contribution in [3.63, 3.8) is 0 Å². The van der Waals surface area contributed by atoms with Gasteiger partial charge in [-0.3, -0.25) is 9.98 Å². The number of methoxy groups -OCH3 is 1. The number of aromatic carboxylic acids is 1. The van der Waals surface area contributed by atoms with Crippen molar-refractivity contribution in [1.82, 2.24) is 34.5 Å². The third kappa shape index (κ3) is 5.24. The summed E-state index contributed by atoms with van der Waals surface area (Å²) in [6.07, 6.45) is 6.20. The maximum Gasteiger partial charge on any atom is 0.356 e. The quantitative estimate of drug-likeness (QED) is 0.150. The van der Waals surface area contributed by atoms with Crippen molar-refractivity contribution in [1.29, 1.82) is 5.41 Å². The van der Waals surface area contributed by atoms with E-state index in [0.717, 1.165) is 16.3 Å². The van der Waals surface area contributed by atoms with Gasteiger partial charge in [0.2, 0.25) is 0 Å². The van der Waals surface area contributed by atoms with Gasteiger partial charge >= 0.3 is 5.97 Å². The van der Waals surface area contributed by atoms with Gasteiger partial charge in [0.1, 0.15) is 12.1 Å². The molecule has 0 spiro atoms. The minimum Gasteiger partial charge on any atom is -0.495 e. The molecule has 7 N–H and O–H groups in total. The van der Waals surface area contributed by atoms with Crippen molar-refractivity contribution in [3.8, 4) is 11.6 Å². The molecule has 0 aliphatic heterocycles. The molecule has 38 heavy (non-hydrogen) atoms. The number of carbonyl (C=O) groups is 1. The number of imidazole rings is 1. The second kappa shape index (κ2) is 11.0. The van der Waals surface area contributed by atoms with Crippen LogP contribution < -0.4 is 21.5 Å². The van der Waals surface area contributed by atoms with Gasteiger partial charge in [-0.05, 0) is 24.6 Å². The van der Waals surface area contributed by atoms with Crippen LogP contribution in [-0.4, -0.2) is 58.7 Å². The highest BCUT2D eigenvalue weighted by molar-refractivity contribution is 6.32. The molecule has 0 atom stereocenters. The highest BCUT2D eigenvalue weighted by Gasteiger charge is 2.18. The lowest BCUT2D eigenvalue weighted by molar-refractivity contribution is 0.0691. The fourth-order valence-corrected chi connectivity index (χ4v) is 4.03. The number of nitrogens with two attached hydrogens (primary N) is 2. The van der Waals surface area contributed by atoms with Gasteiger partial charge in [0.25, 0.3) is 0 Å². The van der Waals surface area contributed by atoms with E-state index in [1.54, 1.807) is 30.3 Å². The number of aryl methyl sites for hydroxylation is 1. The Hall–Kier alpha value is -4.98. The number of hydrogen-bond donors (Lipinski definition) is 5. The number of fused-ring (bicyclic) bond motifs is 3. The topological polar surface area (TPSA) is 209 Å². The number of nitrogens with one attached hydrogen (secondary N) is 2. The van der Waals surface area contributed by atoms with E-state index >= 15 is 0 Å². The molecule has 15 heteroatoms. The Labute approximate surface area is 220 Å². The van der Waals surface area contributed by atoms with E-state index in [0.29, 0.717) is 46.5 Å². The molecular formula is C23H24ClN11O3. The van der Waals surface area contributed by atoms with Gasteiger partial charge in [-0.25, -0.2) is 19.4 Å². The summed E-state index contributed by atoms with van der Waals surface area (Å²) in [5.41, 5.74) is 10.5. The van der Waals surface area contributed by atoms with Crippen LogP contribution in [0.2, 0.25) is 5.02 Å². The number of halogens is 1. The predicted octanol–water partition coefficient (Wildman–Crippen LogP) is 2.39. The zero-order chi connectivity index (χ0) is 27.4. The summed E-state index contributed by atoms with van der Waals surface area (Å²) in [4.78, 5) is 19.8. The molecule has 196 valence electrons. The first kappa shape index (κ1) is 26.1. The number of carboxylic acid groups (broad SMARTS) is 1. The number of pyridine rings is 1. The van der Waals surface area contributed by atoms with Crippen LogP contribution in [0.15, 0.2) is 43.1 Å². The lowest BCUT2D eigenvalue weighted by Crippen LogP contribution is -2.20. The summed E-state index contributed by atoms with van der Waals surface area (Å²) in [6, 6.07) is 5.54. The third-order valence-electron chi connectivity index (χ3n) is 5.41. The lowest BCUT2D eigenvalue weighted by Gasteiger charge is -2.13. The number of carboxylic acids is 1. The molecule has 14 nitrogen and oxygen atoms in total. The molecule has 0 aliphatic rings. The van der Waals surface area contributed by atoms with E-state index in [1.807, 2.05) is 19.1 Å². The molecule has 1 aromatic carbocycles. The van der Waals surface area contributed by atoms with Gasteiger partial charge in [0.15, 0.2) is 28.9 Å². The third-order valence-corrected chi connectivity index (χ3v) is 5.71. The predicted molar refractivity (Wildman–Crippen MR) is 142 cm³/mol. The van der Waals surface area contributed by atoms with Crippen LogP contribution in [0.3, 0.4) is 0 Å². The van der Waals surface area contributed by atoms with E-state index in [4.69, 9.17) is 21.7 Å². The standard InChI is InChI=1S/C22H19ClN8O3.CH5N3/c1-3-31-20-14(9-27-31)18-13(8-25-20)21(30-10-16(22(32)33)26-11-30)29-28-19(18)24-7-12-4-5-17(34-2)15(23)6-12;2-1(3)4/h4-6,8-11H,3,7H2,1-2H3,(H,24,28)(H,32,33);(H5,2,3,4). The Morgan fingerprint density at radius 1 is 1.21 bits per heavy atom. The molecule has 0 unspecified atom stereocenters. The molecule has 0 bridgehead atoms. The maximum atomic E-state index is 11.3. The molecule has 0 fully saturated rings. The minimum atomic E-state index is -1.13. The van der Waals surface area contributed by atoms with Crippen molar-refractivity contribution in [2.24, 2.45) is 11.5 Å². The molecular weight excluding hydrogens is 514 g/mol. The van der Waals surface area contributed by atoms with Gasteiger partial charge in [0.05, 0.1) is 23.7 Å². The summed E-state index contributed by atoms with van der Waals surface area (Å²) in [7, 11) is 1.57. The number of benzene rings is 1. The molecule has 4 aromatic heterocycles. The van der Waals surface area contributed by atoms with Gasteiger partial charge < -0.3 is 26.6 Å². The first-order valence-electron chi connectivity index (χ1n) is 11.2. The van der Waals surface area contributed by atoms with E-state index < -0.39 is 5.97 Å². The van der Waals surface area contributed by atoms with E-state index in [9.17, 15) is 9.90 Å². The van der Waals surface area contributed by atoms with Gasteiger partial charge in [-0.1, -0.05) is 17.7 Å². The number of aromatic nitrogens is 7. The number of nitrogens with zero attached hydrogens (tertiary/aromatic N) is 7. The van der Waals surface area contributed by atoms with E-state index in [-0.39, 0.29) is 11.7 Å². The molecule has 0 saturated heterocycles. The molecule has 4 heterocycles. The average Bonchev–Trinajstić information content (AvgIpc) is 3.54. The summed E-state index contributed by atoms with van der Waals surface area (Å²) < 4.78 is 8.53. The Balaban J connectivity index is 0.000000786. The fraction of sp³-hybridized carbons (Fsp3) is 0.174. The zero-order valence-electron chi connectivity index (χ0n) is 20.4. The molecule has 0 aliphatic carbocycles. The van der Waals surface area contributed by atoms with E-state index in [1.165, 1.54) is 17.1 Å². The summed E-state index contributed by atoms with van der Waals surface area (Å²) in [5, 5.41) is 34.6. The van der Waals surface area contributed by atoms with Crippen LogP contribution in [0.5, 0.6) is 5.75 Å². The molecule has 0 saturated carbocycles. The average molecular weight is 538 g/mol. The first-order valence-corrected chi connectivity index (χ1v) is 11.6. The summed E-state index contributed by atoms with van der Waals surface area (Å²) in [5.74, 6) is 0.0806.